The molecule has 0 aliphatic heterocycles. The molecule has 1 aromatic carbocycles. The predicted molar refractivity (Wildman–Crippen MR) is 72.5 cm³/mol. The third-order valence-electron chi connectivity index (χ3n) is 2.52. The van der Waals surface area contributed by atoms with Crippen molar-refractivity contribution in [1.29, 1.82) is 0 Å². The van der Waals surface area contributed by atoms with Gasteiger partial charge in [0.15, 0.2) is 0 Å². The molecular formula is C14H16O3S. The van der Waals surface area contributed by atoms with E-state index in [0.29, 0.717) is 13.0 Å². The molecule has 0 saturated carbocycles. The Hall–Kier alpha value is -1.52. The van der Waals surface area contributed by atoms with Gasteiger partial charge >= 0.3 is 0 Å². The molecule has 0 amide bonds. The molecule has 2 aromatic rings. The molecule has 0 spiro atoms. The zero-order chi connectivity index (χ0) is 12.8. The molecule has 1 heterocycles. The summed E-state index contributed by atoms with van der Waals surface area (Å²) in [4.78, 5) is 1.17. The van der Waals surface area contributed by atoms with Crippen molar-refractivity contribution in [3.05, 3.63) is 46.7 Å². The third-order valence-corrected chi connectivity index (χ3v) is 3.42. The number of aliphatic hydroxyl groups excluding tert-OH is 1. The molecule has 1 N–H and O–H groups in total. The van der Waals surface area contributed by atoms with Gasteiger partial charge in [-0.15, -0.1) is 11.3 Å². The molecule has 1 unspecified atom stereocenters. The quantitative estimate of drug-likeness (QED) is 0.872. The lowest BCUT2D eigenvalue weighted by atomic mass is 10.2. The van der Waals surface area contributed by atoms with Crippen molar-refractivity contribution in [2.45, 2.75) is 12.5 Å². The van der Waals surface area contributed by atoms with E-state index in [9.17, 15) is 5.11 Å². The number of rotatable bonds is 6. The summed E-state index contributed by atoms with van der Waals surface area (Å²) in [6.45, 7) is 0.296. The number of hydrogen-bond acceptors (Lipinski definition) is 4. The highest BCUT2D eigenvalue weighted by Crippen LogP contribution is 2.17. The second-order valence-electron chi connectivity index (χ2n) is 3.92. The van der Waals surface area contributed by atoms with E-state index in [2.05, 4.69) is 0 Å². The normalized spacial score (nSPS) is 12.1. The lowest BCUT2D eigenvalue weighted by Gasteiger charge is -2.11. The van der Waals surface area contributed by atoms with Crippen molar-refractivity contribution in [2.75, 3.05) is 13.7 Å². The molecule has 0 saturated heterocycles. The van der Waals surface area contributed by atoms with E-state index < -0.39 is 6.10 Å². The maximum atomic E-state index is 9.84. The van der Waals surface area contributed by atoms with Gasteiger partial charge in [0.25, 0.3) is 0 Å². The van der Waals surface area contributed by atoms with Crippen LogP contribution in [0.15, 0.2) is 41.8 Å². The molecule has 0 aliphatic carbocycles. The second kappa shape index (κ2) is 6.42. The summed E-state index contributed by atoms with van der Waals surface area (Å²) in [5, 5.41) is 11.8. The van der Waals surface area contributed by atoms with Crippen molar-refractivity contribution in [1.82, 2.24) is 0 Å². The van der Waals surface area contributed by atoms with Gasteiger partial charge in [0, 0.05) is 11.3 Å². The second-order valence-corrected chi connectivity index (χ2v) is 4.96. The Labute approximate surface area is 111 Å². The largest absolute Gasteiger partial charge is 0.497 e. The number of hydrogen-bond donors (Lipinski definition) is 1. The Morgan fingerprint density at radius 3 is 2.50 bits per heavy atom. The molecule has 2 rings (SSSR count). The van der Waals surface area contributed by atoms with Crippen LogP contribution in [0.4, 0.5) is 0 Å². The molecule has 0 fully saturated rings. The first-order valence-corrected chi connectivity index (χ1v) is 6.63. The average Bonchev–Trinajstić information content (AvgIpc) is 2.90. The first-order valence-electron chi connectivity index (χ1n) is 5.75. The highest BCUT2D eigenvalue weighted by atomic mass is 32.1. The summed E-state index contributed by atoms with van der Waals surface area (Å²) in [7, 11) is 1.63. The van der Waals surface area contributed by atoms with E-state index in [4.69, 9.17) is 9.47 Å². The van der Waals surface area contributed by atoms with E-state index in [-0.39, 0.29) is 0 Å². The maximum Gasteiger partial charge on any atom is 0.119 e. The number of thiophene rings is 1. The van der Waals surface area contributed by atoms with Crippen molar-refractivity contribution in [3.63, 3.8) is 0 Å². The van der Waals surface area contributed by atoms with Crippen LogP contribution >= 0.6 is 11.3 Å². The van der Waals surface area contributed by atoms with Crippen LogP contribution in [0.2, 0.25) is 0 Å². The monoisotopic (exact) mass is 264 g/mol. The van der Waals surface area contributed by atoms with E-state index in [1.807, 2.05) is 41.8 Å². The Balaban J connectivity index is 1.79. The summed E-state index contributed by atoms with van der Waals surface area (Å²) in [6.07, 6.45) is 0.152. The smallest absolute Gasteiger partial charge is 0.119 e. The molecule has 0 radical (unpaired) electrons. The first kappa shape index (κ1) is 12.9. The highest BCUT2D eigenvalue weighted by Gasteiger charge is 2.07. The lowest BCUT2D eigenvalue weighted by molar-refractivity contribution is 0.108. The molecule has 96 valence electrons. The maximum absolute atomic E-state index is 9.84. The van der Waals surface area contributed by atoms with Crippen LogP contribution in [0.1, 0.15) is 4.88 Å². The molecule has 1 aromatic heterocycles. The van der Waals surface area contributed by atoms with Crippen LogP contribution in [0.5, 0.6) is 11.5 Å². The molecule has 4 heteroatoms. The van der Waals surface area contributed by atoms with E-state index in [1.54, 1.807) is 18.4 Å². The molecular weight excluding hydrogens is 248 g/mol. The standard InChI is InChI=1S/C14H16O3S/c1-16-12-4-6-13(7-5-12)17-10-11(15)9-14-3-2-8-18-14/h2-8,11,15H,9-10H2,1H3. The molecule has 0 bridgehead atoms. The Morgan fingerprint density at radius 2 is 1.89 bits per heavy atom. The molecule has 3 nitrogen and oxygen atoms in total. The highest BCUT2D eigenvalue weighted by molar-refractivity contribution is 7.09. The van der Waals surface area contributed by atoms with E-state index >= 15 is 0 Å². The van der Waals surface area contributed by atoms with E-state index in [0.717, 1.165) is 11.5 Å². The number of methoxy groups -OCH3 is 1. The van der Waals surface area contributed by atoms with Gasteiger partial charge in [0.2, 0.25) is 0 Å². The molecule has 0 aliphatic rings. The number of aliphatic hydroxyl groups is 1. The van der Waals surface area contributed by atoms with Crippen molar-refractivity contribution < 1.29 is 14.6 Å². The average molecular weight is 264 g/mol. The van der Waals surface area contributed by atoms with Crippen LogP contribution in [-0.4, -0.2) is 24.9 Å². The van der Waals surface area contributed by atoms with Gasteiger partial charge in [-0.3, -0.25) is 0 Å². The summed E-state index contributed by atoms with van der Waals surface area (Å²) >= 11 is 1.65. The van der Waals surface area contributed by atoms with Gasteiger partial charge in [-0.05, 0) is 35.7 Å². The topological polar surface area (TPSA) is 38.7 Å². The number of benzene rings is 1. The fourth-order valence-electron chi connectivity index (χ4n) is 1.58. The summed E-state index contributed by atoms with van der Waals surface area (Å²) in [5.74, 6) is 1.53. The summed E-state index contributed by atoms with van der Waals surface area (Å²) in [5.41, 5.74) is 0. The minimum atomic E-state index is -0.481. The minimum Gasteiger partial charge on any atom is -0.497 e. The van der Waals surface area contributed by atoms with Gasteiger partial charge in [0.1, 0.15) is 18.1 Å². The molecule has 1 atom stereocenters. The van der Waals surface area contributed by atoms with Crippen LogP contribution in [0.3, 0.4) is 0 Å². The van der Waals surface area contributed by atoms with Gasteiger partial charge < -0.3 is 14.6 Å². The lowest BCUT2D eigenvalue weighted by Crippen LogP contribution is -2.19. The summed E-state index contributed by atoms with van der Waals surface area (Å²) in [6, 6.07) is 11.3. The third kappa shape index (κ3) is 3.75. The van der Waals surface area contributed by atoms with Crippen molar-refractivity contribution >= 4 is 11.3 Å². The van der Waals surface area contributed by atoms with Gasteiger partial charge in [0.05, 0.1) is 13.2 Å². The fourth-order valence-corrected chi connectivity index (χ4v) is 2.36. The van der Waals surface area contributed by atoms with Gasteiger partial charge in [-0.25, -0.2) is 0 Å². The zero-order valence-corrected chi connectivity index (χ0v) is 11.0. The SMILES string of the molecule is COc1ccc(OCC(O)Cc2cccs2)cc1. The van der Waals surface area contributed by atoms with Gasteiger partial charge in [-0.1, -0.05) is 6.07 Å². The van der Waals surface area contributed by atoms with Crippen molar-refractivity contribution in [3.8, 4) is 11.5 Å². The van der Waals surface area contributed by atoms with E-state index in [1.165, 1.54) is 4.88 Å². The Morgan fingerprint density at radius 1 is 1.17 bits per heavy atom. The first-order chi connectivity index (χ1) is 8.78. The Kier molecular flexibility index (Phi) is 4.61. The predicted octanol–water partition coefficient (Wildman–Crippen LogP) is 2.74. The minimum absolute atomic E-state index is 0.296. The van der Waals surface area contributed by atoms with Crippen LogP contribution < -0.4 is 9.47 Å². The van der Waals surface area contributed by atoms with Crippen LogP contribution in [0.25, 0.3) is 0 Å². The summed E-state index contributed by atoms with van der Waals surface area (Å²) < 4.78 is 10.6. The van der Waals surface area contributed by atoms with Crippen LogP contribution in [-0.2, 0) is 6.42 Å². The Bertz CT molecular complexity index is 450. The fraction of sp³-hybridized carbons (Fsp3) is 0.286. The number of ether oxygens (including phenoxy) is 2. The zero-order valence-electron chi connectivity index (χ0n) is 10.2. The van der Waals surface area contributed by atoms with Gasteiger partial charge in [-0.2, -0.15) is 0 Å². The van der Waals surface area contributed by atoms with Crippen molar-refractivity contribution in [2.24, 2.45) is 0 Å². The molecule has 18 heavy (non-hydrogen) atoms. The van der Waals surface area contributed by atoms with Crippen LogP contribution in [0, 0.1) is 0 Å².